The predicted octanol–water partition coefficient (Wildman–Crippen LogP) is -0.435. The molecule has 0 radical (unpaired) electrons. The van der Waals surface area contributed by atoms with Gasteiger partial charge in [0.15, 0.2) is 11.5 Å². The molecule has 0 saturated heterocycles. The fourth-order valence-corrected chi connectivity index (χ4v) is 0.797. The van der Waals surface area contributed by atoms with E-state index in [1.807, 2.05) is 0 Å². The maximum Gasteiger partial charge on any atom is 0.213 e. The lowest BCUT2D eigenvalue weighted by Gasteiger charge is -2.02. The third-order valence-corrected chi connectivity index (χ3v) is 1.47. The van der Waals surface area contributed by atoms with Gasteiger partial charge in [0.25, 0.3) is 0 Å². The molecule has 1 aromatic heterocycles. The average Bonchev–Trinajstić information content (AvgIpc) is 1.96. The van der Waals surface area contributed by atoms with Crippen molar-refractivity contribution in [2.75, 3.05) is 5.73 Å². The van der Waals surface area contributed by atoms with Crippen molar-refractivity contribution in [1.29, 1.82) is 0 Å². The van der Waals surface area contributed by atoms with Crippen molar-refractivity contribution in [3.63, 3.8) is 0 Å². The van der Waals surface area contributed by atoms with E-state index in [9.17, 15) is 9.59 Å². The van der Waals surface area contributed by atoms with Crippen LogP contribution in [0, 0.1) is 0 Å². The molecule has 2 N–H and O–H groups in total. The van der Waals surface area contributed by atoms with Crippen LogP contribution in [0.1, 0.15) is 17.4 Å². The quantitative estimate of drug-likeness (QED) is 0.575. The zero-order valence-corrected chi connectivity index (χ0v) is 6.87. The predicted molar refractivity (Wildman–Crippen MR) is 43.9 cm³/mol. The first-order valence-electron chi connectivity index (χ1n) is 3.37. The van der Waals surface area contributed by atoms with Crippen molar-refractivity contribution in [2.24, 2.45) is 7.05 Å². The van der Waals surface area contributed by atoms with E-state index in [-0.39, 0.29) is 17.3 Å². The molecule has 0 saturated carbocycles. The van der Waals surface area contributed by atoms with E-state index in [0.717, 1.165) is 0 Å². The molecule has 1 rings (SSSR count). The molecule has 12 heavy (non-hydrogen) atoms. The lowest BCUT2D eigenvalue weighted by molar-refractivity contribution is 0.101. The van der Waals surface area contributed by atoms with Gasteiger partial charge >= 0.3 is 0 Å². The SMILES string of the molecule is CC(=O)c1nn(C)c(N)cc1=O. The van der Waals surface area contributed by atoms with Crippen LogP contribution in [0.25, 0.3) is 0 Å². The molecule has 0 aromatic carbocycles. The molecule has 5 nitrogen and oxygen atoms in total. The third kappa shape index (κ3) is 1.34. The van der Waals surface area contributed by atoms with Crippen molar-refractivity contribution in [3.8, 4) is 0 Å². The summed E-state index contributed by atoms with van der Waals surface area (Å²) in [6, 6.07) is 1.18. The van der Waals surface area contributed by atoms with Crippen LogP contribution in [0.5, 0.6) is 0 Å². The molecule has 0 bridgehead atoms. The molecule has 0 amide bonds. The van der Waals surface area contributed by atoms with Gasteiger partial charge in [-0.05, 0) is 0 Å². The molecule has 1 heterocycles. The molecule has 64 valence electrons. The van der Waals surface area contributed by atoms with Crippen molar-refractivity contribution < 1.29 is 4.79 Å². The number of aromatic nitrogens is 2. The van der Waals surface area contributed by atoms with Gasteiger partial charge in [-0.1, -0.05) is 0 Å². The first-order chi connectivity index (χ1) is 5.52. The lowest BCUT2D eigenvalue weighted by atomic mass is 10.3. The highest BCUT2D eigenvalue weighted by Crippen LogP contribution is 1.94. The summed E-state index contributed by atoms with van der Waals surface area (Å²) in [5.74, 6) is -0.111. The van der Waals surface area contributed by atoms with Gasteiger partial charge in [-0.25, -0.2) is 0 Å². The van der Waals surface area contributed by atoms with E-state index in [1.165, 1.54) is 17.7 Å². The number of carbonyl (C=O) groups excluding carboxylic acids is 1. The number of aryl methyl sites for hydroxylation is 1. The van der Waals surface area contributed by atoms with Crippen molar-refractivity contribution in [2.45, 2.75) is 6.92 Å². The number of ketones is 1. The van der Waals surface area contributed by atoms with E-state index >= 15 is 0 Å². The van der Waals surface area contributed by atoms with E-state index in [1.54, 1.807) is 7.05 Å². The second-order valence-corrected chi connectivity index (χ2v) is 2.46. The lowest BCUT2D eigenvalue weighted by Crippen LogP contribution is -2.21. The number of Topliss-reactive ketones (excluding diaryl/α,β-unsaturated/α-hetero) is 1. The van der Waals surface area contributed by atoms with Crippen LogP contribution < -0.4 is 11.2 Å². The van der Waals surface area contributed by atoms with Crippen molar-refractivity contribution in [3.05, 3.63) is 22.0 Å². The maximum atomic E-state index is 11.1. The monoisotopic (exact) mass is 167 g/mol. The molecule has 0 fully saturated rings. The molecule has 0 spiro atoms. The minimum Gasteiger partial charge on any atom is -0.384 e. The Morgan fingerprint density at radius 2 is 2.25 bits per heavy atom. The summed E-state index contributed by atoms with van der Waals surface area (Å²) in [4.78, 5) is 21.9. The highest BCUT2D eigenvalue weighted by molar-refractivity contribution is 5.91. The Morgan fingerprint density at radius 1 is 1.67 bits per heavy atom. The van der Waals surface area contributed by atoms with E-state index in [0.29, 0.717) is 0 Å². The molecular weight excluding hydrogens is 158 g/mol. The van der Waals surface area contributed by atoms with Crippen molar-refractivity contribution >= 4 is 11.6 Å². The molecular formula is C7H9N3O2. The van der Waals surface area contributed by atoms with Gasteiger partial charge in [0.05, 0.1) is 0 Å². The van der Waals surface area contributed by atoms with Gasteiger partial charge in [-0.15, -0.1) is 0 Å². The van der Waals surface area contributed by atoms with Gasteiger partial charge in [-0.3, -0.25) is 14.3 Å². The Bertz CT molecular complexity index is 381. The Hall–Kier alpha value is -1.65. The Kier molecular flexibility index (Phi) is 1.95. The van der Waals surface area contributed by atoms with E-state index in [2.05, 4.69) is 5.10 Å². The Balaban J connectivity index is 3.43. The standard InChI is InChI=1S/C7H9N3O2/c1-4(11)7-5(12)3-6(8)10(2)9-7/h3H,8H2,1-2H3. The average molecular weight is 167 g/mol. The van der Waals surface area contributed by atoms with E-state index in [4.69, 9.17) is 5.73 Å². The molecule has 0 unspecified atom stereocenters. The molecule has 0 aliphatic rings. The summed E-state index contributed by atoms with van der Waals surface area (Å²) in [7, 11) is 1.57. The first-order valence-corrected chi connectivity index (χ1v) is 3.37. The summed E-state index contributed by atoms with van der Waals surface area (Å²) >= 11 is 0. The molecule has 5 heteroatoms. The van der Waals surface area contributed by atoms with Crippen LogP contribution in [-0.2, 0) is 7.05 Å². The van der Waals surface area contributed by atoms with Crippen LogP contribution in [0.15, 0.2) is 10.9 Å². The second kappa shape index (κ2) is 2.77. The summed E-state index contributed by atoms with van der Waals surface area (Å²) in [5.41, 5.74) is 4.87. The van der Waals surface area contributed by atoms with Gasteiger partial charge in [0.2, 0.25) is 5.43 Å². The minimum atomic E-state index is -0.432. The Morgan fingerprint density at radius 3 is 2.75 bits per heavy atom. The third-order valence-electron chi connectivity index (χ3n) is 1.47. The van der Waals surface area contributed by atoms with Gasteiger partial charge in [-0.2, -0.15) is 5.10 Å². The molecule has 0 aliphatic carbocycles. The first kappa shape index (κ1) is 8.45. The number of hydrogen-bond acceptors (Lipinski definition) is 4. The summed E-state index contributed by atoms with van der Waals surface area (Å²) in [6.45, 7) is 1.29. The van der Waals surface area contributed by atoms with Crippen LogP contribution >= 0.6 is 0 Å². The van der Waals surface area contributed by atoms with Gasteiger partial charge in [0.1, 0.15) is 5.82 Å². The van der Waals surface area contributed by atoms with Crippen LogP contribution in [0.3, 0.4) is 0 Å². The van der Waals surface area contributed by atoms with Crippen LogP contribution in [0.2, 0.25) is 0 Å². The number of nitrogen functional groups attached to an aromatic ring is 1. The Labute approximate surface area is 68.8 Å². The van der Waals surface area contributed by atoms with Crippen LogP contribution in [-0.4, -0.2) is 15.6 Å². The fourth-order valence-electron chi connectivity index (χ4n) is 0.797. The fraction of sp³-hybridized carbons (Fsp3) is 0.286. The largest absolute Gasteiger partial charge is 0.384 e. The van der Waals surface area contributed by atoms with Gasteiger partial charge < -0.3 is 5.73 Å². The highest BCUT2D eigenvalue weighted by Gasteiger charge is 2.07. The number of rotatable bonds is 1. The normalized spacial score (nSPS) is 9.83. The van der Waals surface area contributed by atoms with Crippen LogP contribution in [0.4, 0.5) is 5.82 Å². The maximum absolute atomic E-state index is 11.1. The summed E-state index contributed by atoms with van der Waals surface area (Å²) in [5, 5.41) is 3.70. The summed E-state index contributed by atoms with van der Waals surface area (Å²) in [6.07, 6.45) is 0. The number of anilines is 1. The molecule has 0 atom stereocenters. The minimum absolute atomic E-state index is 0.0771. The smallest absolute Gasteiger partial charge is 0.213 e. The second-order valence-electron chi connectivity index (χ2n) is 2.46. The number of hydrogen-bond donors (Lipinski definition) is 1. The number of carbonyl (C=O) groups is 1. The number of nitrogens with two attached hydrogens (primary N) is 1. The molecule has 0 aliphatic heterocycles. The topological polar surface area (TPSA) is 78.0 Å². The van der Waals surface area contributed by atoms with Gasteiger partial charge in [0, 0.05) is 20.0 Å². The molecule has 1 aromatic rings. The van der Waals surface area contributed by atoms with Crippen molar-refractivity contribution in [1.82, 2.24) is 9.78 Å². The zero-order chi connectivity index (χ0) is 9.30. The summed E-state index contributed by atoms with van der Waals surface area (Å²) < 4.78 is 1.29. The zero-order valence-electron chi connectivity index (χ0n) is 6.87. The highest BCUT2D eigenvalue weighted by atomic mass is 16.1. The number of nitrogens with zero attached hydrogens (tertiary/aromatic N) is 2. The van der Waals surface area contributed by atoms with E-state index < -0.39 is 5.43 Å².